The molecule has 2 rings (SSSR count). The molecule has 0 atom stereocenters. The first-order valence-corrected chi connectivity index (χ1v) is 9.42. The summed E-state index contributed by atoms with van der Waals surface area (Å²) >= 11 is 3.41. The van der Waals surface area contributed by atoms with Gasteiger partial charge in [0.1, 0.15) is 11.5 Å². The minimum absolute atomic E-state index is 0.0342. The molecule has 0 saturated carbocycles. The number of methoxy groups -OCH3 is 2. The molecule has 0 aliphatic rings. The number of carbonyl (C=O) groups excluding carboxylic acids is 2. The van der Waals surface area contributed by atoms with Gasteiger partial charge in [-0.2, -0.15) is 4.79 Å². The third-order valence-electron chi connectivity index (χ3n) is 3.98. The number of ether oxygens (including phenoxy) is 3. The third-order valence-corrected chi connectivity index (χ3v) is 4.65. The van der Waals surface area contributed by atoms with Gasteiger partial charge in [-0.3, -0.25) is 9.69 Å². The van der Waals surface area contributed by atoms with E-state index in [1.165, 1.54) is 19.1 Å². The highest BCUT2D eigenvalue weighted by Gasteiger charge is 2.37. The first kappa shape index (κ1) is 22.1. The van der Waals surface area contributed by atoms with Crippen molar-refractivity contribution in [1.29, 1.82) is 0 Å². The average molecular weight is 462 g/mol. The molecule has 0 saturated heterocycles. The molecule has 2 aromatic carbocycles. The predicted octanol–water partition coefficient (Wildman–Crippen LogP) is 3.23. The van der Waals surface area contributed by atoms with Crippen LogP contribution in [-0.4, -0.2) is 43.2 Å². The summed E-state index contributed by atoms with van der Waals surface area (Å²) in [5.41, 5.74) is 9.68. The Morgan fingerprint density at radius 2 is 1.86 bits per heavy atom. The van der Waals surface area contributed by atoms with Crippen molar-refractivity contribution in [3.63, 3.8) is 0 Å². The summed E-state index contributed by atoms with van der Waals surface area (Å²) in [5, 5.41) is 0. The fraction of sp³-hybridized carbons (Fsp3) is 0.250. The zero-order valence-electron chi connectivity index (χ0n) is 16.2. The monoisotopic (exact) mass is 461 g/mol. The van der Waals surface area contributed by atoms with Crippen molar-refractivity contribution in [2.45, 2.75) is 13.5 Å². The largest absolute Gasteiger partial charge is 0.497 e. The van der Waals surface area contributed by atoms with Crippen LogP contribution >= 0.6 is 15.9 Å². The van der Waals surface area contributed by atoms with Crippen LogP contribution in [0.5, 0.6) is 11.5 Å². The molecule has 29 heavy (non-hydrogen) atoms. The Labute approximate surface area is 176 Å². The molecule has 8 nitrogen and oxygen atoms in total. The summed E-state index contributed by atoms with van der Waals surface area (Å²) < 4.78 is 16.0. The van der Waals surface area contributed by atoms with Crippen LogP contribution in [0.2, 0.25) is 0 Å². The predicted molar refractivity (Wildman–Crippen MR) is 110 cm³/mol. The first-order valence-electron chi connectivity index (χ1n) is 8.63. The zero-order chi connectivity index (χ0) is 21.4. The maximum absolute atomic E-state index is 13.1. The number of anilines is 1. The fourth-order valence-electron chi connectivity index (χ4n) is 2.59. The maximum Gasteiger partial charge on any atom is 0.463 e. The number of halogens is 1. The molecular formula is C20H20BrN3O5. The van der Waals surface area contributed by atoms with Gasteiger partial charge in [0.25, 0.3) is 0 Å². The number of nitrogens with zero attached hydrogens (tertiary/aromatic N) is 3. The summed E-state index contributed by atoms with van der Waals surface area (Å²) in [7, 11) is 3.04. The third kappa shape index (κ3) is 5.22. The van der Waals surface area contributed by atoms with Crippen LogP contribution in [-0.2, 0) is 20.9 Å². The molecule has 0 aliphatic heterocycles. The maximum atomic E-state index is 13.1. The number of hydrogen-bond acceptors (Lipinski definition) is 5. The van der Waals surface area contributed by atoms with Crippen molar-refractivity contribution in [2.24, 2.45) is 0 Å². The highest BCUT2D eigenvalue weighted by Crippen LogP contribution is 2.31. The van der Waals surface area contributed by atoms with Crippen LogP contribution in [0.1, 0.15) is 12.5 Å². The van der Waals surface area contributed by atoms with E-state index < -0.39 is 17.6 Å². The van der Waals surface area contributed by atoms with Gasteiger partial charge in [0.2, 0.25) is 0 Å². The van der Waals surface area contributed by atoms with Gasteiger partial charge < -0.3 is 19.7 Å². The lowest BCUT2D eigenvalue weighted by molar-refractivity contribution is -0.141. The zero-order valence-corrected chi connectivity index (χ0v) is 17.8. The number of amides is 1. The Morgan fingerprint density at radius 1 is 1.14 bits per heavy atom. The summed E-state index contributed by atoms with van der Waals surface area (Å²) in [4.78, 5) is 29.4. The topological polar surface area (TPSA) is 101 Å². The van der Waals surface area contributed by atoms with Gasteiger partial charge in [-0.15, -0.1) is 0 Å². The Hall–Kier alpha value is -3.16. The van der Waals surface area contributed by atoms with Gasteiger partial charge in [0.15, 0.2) is 0 Å². The van der Waals surface area contributed by atoms with Crippen molar-refractivity contribution < 1.29 is 28.6 Å². The molecule has 0 aromatic heterocycles. The molecule has 2 aromatic rings. The number of rotatable bonds is 8. The molecule has 0 heterocycles. The lowest BCUT2D eigenvalue weighted by Gasteiger charge is -2.23. The first-order chi connectivity index (χ1) is 14.0. The number of hydrogen-bond donors (Lipinski definition) is 0. The van der Waals surface area contributed by atoms with E-state index in [-0.39, 0.29) is 13.2 Å². The lowest BCUT2D eigenvalue weighted by Crippen LogP contribution is -2.41. The van der Waals surface area contributed by atoms with Crippen LogP contribution < -0.4 is 14.4 Å². The smallest absolute Gasteiger partial charge is 0.463 e. The fourth-order valence-corrected chi connectivity index (χ4v) is 3.09. The van der Waals surface area contributed by atoms with Gasteiger partial charge in [-0.25, -0.2) is 4.79 Å². The van der Waals surface area contributed by atoms with Crippen LogP contribution in [0.25, 0.3) is 5.53 Å². The van der Waals surface area contributed by atoms with E-state index in [1.807, 2.05) is 0 Å². The summed E-state index contributed by atoms with van der Waals surface area (Å²) in [6.07, 6.45) is 0. The van der Waals surface area contributed by atoms with Gasteiger partial charge in [0.05, 0.1) is 33.1 Å². The second kappa shape index (κ2) is 10.4. The highest BCUT2D eigenvalue weighted by molar-refractivity contribution is 9.10. The van der Waals surface area contributed by atoms with Crippen LogP contribution in [0.3, 0.4) is 0 Å². The molecule has 0 unspecified atom stereocenters. The molecule has 0 fully saturated rings. The molecular weight excluding hydrogens is 442 g/mol. The Bertz CT molecular complexity index is 957. The molecule has 0 aliphatic carbocycles. The molecule has 9 heteroatoms. The van der Waals surface area contributed by atoms with E-state index >= 15 is 0 Å². The second-order valence-corrected chi connectivity index (χ2v) is 6.54. The van der Waals surface area contributed by atoms with Crippen LogP contribution in [0, 0.1) is 0 Å². The molecule has 0 bridgehead atoms. The summed E-state index contributed by atoms with van der Waals surface area (Å²) in [6, 6.07) is 12.1. The Balaban J connectivity index is 2.52. The number of carbonyl (C=O) groups is 2. The van der Waals surface area contributed by atoms with Gasteiger partial charge in [0, 0.05) is 16.1 Å². The van der Waals surface area contributed by atoms with Crippen molar-refractivity contribution in [3.8, 4) is 11.5 Å². The number of para-hydroxylation sites is 1. The van der Waals surface area contributed by atoms with Crippen molar-refractivity contribution in [2.75, 3.05) is 25.7 Å². The molecule has 152 valence electrons. The van der Waals surface area contributed by atoms with E-state index in [0.717, 1.165) is 0 Å². The van der Waals surface area contributed by atoms with E-state index in [4.69, 9.17) is 14.2 Å². The van der Waals surface area contributed by atoms with E-state index in [1.54, 1.807) is 49.4 Å². The standard InChI is InChI=1S/C20H20BrN3O5/c1-4-29-20(26)18(23-22)19(25)24(16-8-6-5-7-15(16)21)12-13-9-10-14(27-2)11-17(13)28-3/h5-11H,4,12H2,1-3H3. The lowest BCUT2D eigenvalue weighted by atomic mass is 10.1. The molecule has 0 N–H and O–H groups in total. The highest BCUT2D eigenvalue weighted by atomic mass is 79.9. The second-order valence-electron chi connectivity index (χ2n) is 5.69. The summed E-state index contributed by atoms with van der Waals surface area (Å²) in [6.45, 7) is 1.66. The van der Waals surface area contributed by atoms with Gasteiger partial charge in [-0.05, 0) is 47.1 Å². The minimum atomic E-state index is -1.02. The quantitative estimate of drug-likeness (QED) is 0.197. The van der Waals surface area contributed by atoms with Crippen molar-refractivity contribution >= 4 is 39.2 Å². The summed E-state index contributed by atoms with van der Waals surface area (Å²) in [5.74, 6) is -0.754. The van der Waals surface area contributed by atoms with E-state index in [0.29, 0.717) is 27.2 Å². The average Bonchev–Trinajstić information content (AvgIpc) is 2.73. The van der Waals surface area contributed by atoms with Crippen LogP contribution in [0.4, 0.5) is 5.69 Å². The van der Waals surface area contributed by atoms with E-state index in [2.05, 4.69) is 20.7 Å². The molecule has 1 amide bonds. The number of esters is 1. The van der Waals surface area contributed by atoms with Crippen LogP contribution in [0.15, 0.2) is 46.9 Å². The van der Waals surface area contributed by atoms with E-state index in [9.17, 15) is 15.1 Å². The van der Waals surface area contributed by atoms with Gasteiger partial charge >= 0.3 is 17.6 Å². The molecule has 0 radical (unpaired) electrons. The van der Waals surface area contributed by atoms with Gasteiger partial charge in [-0.1, -0.05) is 12.1 Å². The SMILES string of the molecule is CCOC(=O)C(=[N+]=[N-])C(=O)N(Cc1ccc(OC)cc1OC)c1ccccc1Br. The Kier molecular flexibility index (Phi) is 7.94. The Morgan fingerprint density at radius 3 is 2.45 bits per heavy atom. The van der Waals surface area contributed by atoms with Crippen molar-refractivity contribution in [1.82, 2.24) is 0 Å². The normalized spacial score (nSPS) is 9.93. The van der Waals surface area contributed by atoms with Crippen molar-refractivity contribution in [3.05, 3.63) is 58.0 Å². The molecule has 0 spiro atoms. The minimum Gasteiger partial charge on any atom is -0.497 e. The number of benzene rings is 2.